The lowest BCUT2D eigenvalue weighted by Gasteiger charge is -2.14. The Morgan fingerprint density at radius 1 is 1.12 bits per heavy atom. The molecule has 0 aliphatic rings. The normalized spacial score (nSPS) is 11.8. The first kappa shape index (κ1) is 17.7. The van der Waals surface area contributed by atoms with Crippen molar-refractivity contribution in [2.75, 3.05) is 5.32 Å². The molecule has 1 aromatic heterocycles. The Bertz CT molecular complexity index is 841. The SMILES string of the molecule is CCC(C)n1nccc1NC(=O)c1ccc(OCc2ccccc2)cc1. The highest BCUT2D eigenvalue weighted by Gasteiger charge is 2.12. The zero-order valence-corrected chi connectivity index (χ0v) is 15.1. The maximum absolute atomic E-state index is 12.5. The summed E-state index contributed by atoms with van der Waals surface area (Å²) in [4.78, 5) is 12.5. The smallest absolute Gasteiger partial charge is 0.256 e. The van der Waals surface area contributed by atoms with Crippen LogP contribution in [0, 0.1) is 0 Å². The van der Waals surface area contributed by atoms with Gasteiger partial charge in [0, 0.05) is 11.6 Å². The third kappa shape index (κ3) is 4.30. The number of aromatic nitrogens is 2. The molecule has 26 heavy (non-hydrogen) atoms. The van der Waals surface area contributed by atoms with E-state index in [-0.39, 0.29) is 11.9 Å². The van der Waals surface area contributed by atoms with E-state index in [0.717, 1.165) is 17.7 Å². The highest BCUT2D eigenvalue weighted by Crippen LogP contribution is 2.19. The molecule has 2 aromatic carbocycles. The van der Waals surface area contributed by atoms with Crippen LogP contribution in [-0.4, -0.2) is 15.7 Å². The van der Waals surface area contributed by atoms with Crippen LogP contribution in [0.15, 0.2) is 66.9 Å². The first-order valence-corrected chi connectivity index (χ1v) is 8.79. The van der Waals surface area contributed by atoms with Crippen LogP contribution in [0.1, 0.15) is 42.2 Å². The minimum Gasteiger partial charge on any atom is -0.489 e. The standard InChI is InChI=1S/C21H23N3O2/c1-3-16(2)24-20(13-14-22-24)23-21(25)18-9-11-19(12-10-18)26-15-17-7-5-4-6-8-17/h4-14,16H,3,15H2,1-2H3,(H,23,25). The van der Waals surface area contributed by atoms with Crippen molar-refractivity contribution in [3.05, 3.63) is 78.0 Å². The van der Waals surface area contributed by atoms with E-state index in [9.17, 15) is 4.79 Å². The van der Waals surface area contributed by atoms with Crippen LogP contribution in [0.3, 0.4) is 0 Å². The van der Waals surface area contributed by atoms with Crippen molar-refractivity contribution in [2.45, 2.75) is 32.9 Å². The second kappa shape index (κ2) is 8.34. The monoisotopic (exact) mass is 349 g/mol. The largest absolute Gasteiger partial charge is 0.489 e. The first-order valence-electron chi connectivity index (χ1n) is 8.79. The first-order chi connectivity index (χ1) is 12.7. The van der Waals surface area contributed by atoms with Crippen LogP contribution < -0.4 is 10.1 Å². The van der Waals surface area contributed by atoms with Gasteiger partial charge in [-0.1, -0.05) is 37.3 Å². The molecule has 0 radical (unpaired) electrons. The summed E-state index contributed by atoms with van der Waals surface area (Å²) >= 11 is 0. The third-order valence-electron chi connectivity index (χ3n) is 4.29. The molecule has 0 bridgehead atoms. The van der Waals surface area contributed by atoms with Gasteiger partial charge in [-0.15, -0.1) is 0 Å². The van der Waals surface area contributed by atoms with Crippen LogP contribution in [0.4, 0.5) is 5.82 Å². The van der Waals surface area contributed by atoms with E-state index in [1.165, 1.54) is 0 Å². The fraction of sp³-hybridized carbons (Fsp3) is 0.238. The van der Waals surface area contributed by atoms with Gasteiger partial charge in [0.1, 0.15) is 18.2 Å². The molecule has 1 atom stereocenters. The summed E-state index contributed by atoms with van der Waals surface area (Å²) in [7, 11) is 0. The number of amides is 1. The van der Waals surface area contributed by atoms with E-state index in [4.69, 9.17) is 4.74 Å². The zero-order valence-electron chi connectivity index (χ0n) is 15.1. The predicted molar refractivity (Wildman–Crippen MR) is 102 cm³/mol. The van der Waals surface area contributed by atoms with E-state index in [2.05, 4.69) is 24.3 Å². The van der Waals surface area contributed by atoms with Crippen LogP contribution in [0.25, 0.3) is 0 Å². The lowest BCUT2D eigenvalue weighted by Crippen LogP contribution is -2.17. The topological polar surface area (TPSA) is 56.2 Å². The summed E-state index contributed by atoms with van der Waals surface area (Å²) < 4.78 is 7.58. The molecule has 0 aliphatic carbocycles. The van der Waals surface area contributed by atoms with Crippen molar-refractivity contribution in [3.8, 4) is 5.75 Å². The van der Waals surface area contributed by atoms with Gasteiger partial charge in [-0.3, -0.25) is 4.79 Å². The fourth-order valence-corrected chi connectivity index (χ4v) is 2.57. The number of nitrogens with zero attached hydrogens (tertiary/aromatic N) is 2. The molecule has 5 heteroatoms. The molecule has 3 rings (SSSR count). The molecule has 0 saturated carbocycles. The van der Waals surface area contributed by atoms with Gasteiger partial charge >= 0.3 is 0 Å². The number of carbonyl (C=O) groups excluding carboxylic acids is 1. The zero-order chi connectivity index (χ0) is 18.4. The minimum absolute atomic E-state index is 0.162. The van der Waals surface area contributed by atoms with Crippen LogP contribution >= 0.6 is 0 Å². The van der Waals surface area contributed by atoms with Gasteiger partial charge in [0.2, 0.25) is 0 Å². The van der Waals surface area contributed by atoms with Gasteiger partial charge in [-0.25, -0.2) is 4.68 Å². The number of anilines is 1. The number of nitrogens with one attached hydrogen (secondary N) is 1. The fourth-order valence-electron chi connectivity index (χ4n) is 2.57. The highest BCUT2D eigenvalue weighted by atomic mass is 16.5. The molecule has 134 valence electrons. The summed E-state index contributed by atoms with van der Waals surface area (Å²) in [6.07, 6.45) is 2.64. The van der Waals surface area contributed by atoms with Gasteiger partial charge in [0.15, 0.2) is 0 Å². The Kier molecular flexibility index (Phi) is 5.69. The van der Waals surface area contributed by atoms with Crippen molar-refractivity contribution in [3.63, 3.8) is 0 Å². The Hall–Kier alpha value is -3.08. The van der Waals surface area contributed by atoms with E-state index in [0.29, 0.717) is 18.0 Å². The van der Waals surface area contributed by atoms with E-state index >= 15 is 0 Å². The van der Waals surface area contributed by atoms with Gasteiger partial charge in [0.05, 0.1) is 12.2 Å². The Morgan fingerprint density at radius 2 is 1.85 bits per heavy atom. The summed E-state index contributed by atoms with van der Waals surface area (Å²) in [6, 6.07) is 19.2. The number of benzene rings is 2. The Balaban J connectivity index is 1.61. The average Bonchev–Trinajstić information content (AvgIpc) is 3.15. The van der Waals surface area contributed by atoms with E-state index < -0.39 is 0 Å². The van der Waals surface area contributed by atoms with Gasteiger partial charge in [-0.2, -0.15) is 5.10 Å². The van der Waals surface area contributed by atoms with E-state index in [1.807, 2.05) is 47.1 Å². The Morgan fingerprint density at radius 3 is 2.54 bits per heavy atom. The predicted octanol–water partition coefficient (Wildman–Crippen LogP) is 4.69. The molecule has 1 N–H and O–H groups in total. The second-order valence-corrected chi connectivity index (χ2v) is 6.17. The Labute approximate surface area is 153 Å². The lowest BCUT2D eigenvalue weighted by atomic mass is 10.2. The summed E-state index contributed by atoms with van der Waals surface area (Å²) in [6.45, 7) is 4.66. The quantitative estimate of drug-likeness (QED) is 0.673. The number of carbonyl (C=O) groups is 1. The van der Waals surface area contributed by atoms with Gasteiger partial charge < -0.3 is 10.1 Å². The van der Waals surface area contributed by atoms with Crippen molar-refractivity contribution in [1.29, 1.82) is 0 Å². The molecule has 0 aliphatic heterocycles. The molecule has 1 unspecified atom stereocenters. The maximum Gasteiger partial charge on any atom is 0.256 e. The van der Waals surface area contributed by atoms with Crippen molar-refractivity contribution in [1.82, 2.24) is 9.78 Å². The molecule has 0 fully saturated rings. The highest BCUT2D eigenvalue weighted by molar-refractivity contribution is 6.03. The van der Waals surface area contributed by atoms with Crippen molar-refractivity contribution >= 4 is 11.7 Å². The molecule has 1 heterocycles. The number of ether oxygens (including phenoxy) is 1. The summed E-state index contributed by atoms with van der Waals surface area (Å²) in [5.74, 6) is 1.27. The molecule has 3 aromatic rings. The molecule has 0 saturated heterocycles. The van der Waals surface area contributed by atoms with Crippen LogP contribution in [0.5, 0.6) is 5.75 Å². The van der Waals surface area contributed by atoms with Crippen molar-refractivity contribution in [2.24, 2.45) is 0 Å². The van der Waals surface area contributed by atoms with Gasteiger partial charge in [-0.05, 0) is 43.2 Å². The molecular formula is C21H23N3O2. The molecule has 5 nitrogen and oxygen atoms in total. The maximum atomic E-state index is 12.5. The number of hydrogen-bond donors (Lipinski definition) is 1. The van der Waals surface area contributed by atoms with Crippen LogP contribution in [0.2, 0.25) is 0 Å². The third-order valence-corrected chi connectivity index (χ3v) is 4.29. The molecule has 1 amide bonds. The average molecular weight is 349 g/mol. The lowest BCUT2D eigenvalue weighted by molar-refractivity contribution is 0.102. The number of hydrogen-bond acceptors (Lipinski definition) is 3. The number of rotatable bonds is 7. The van der Waals surface area contributed by atoms with E-state index in [1.54, 1.807) is 24.4 Å². The summed E-state index contributed by atoms with van der Waals surface area (Å²) in [5.41, 5.74) is 1.68. The molecule has 0 spiro atoms. The minimum atomic E-state index is -0.162. The summed E-state index contributed by atoms with van der Waals surface area (Å²) in [5, 5.41) is 7.20. The second-order valence-electron chi connectivity index (χ2n) is 6.17. The van der Waals surface area contributed by atoms with Gasteiger partial charge in [0.25, 0.3) is 5.91 Å². The molecular weight excluding hydrogens is 326 g/mol. The van der Waals surface area contributed by atoms with Crippen molar-refractivity contribution < 1.29 is 9.53 Å². The van der Waals surface area contributed by atoms with Crippen LogP contribution in [-0.2, 0) is 6.61 Å².